The van der Waals surface area contributed by atoms with Gasteiger partial charge in [0.15, 0.2) is 5.13 Å². The van der Waals surface area contributed by atoms with Gasteiger partial charge in [0.1, 0.15) is 0 Å². The van der Waals surface area contributed by atoms with Crippen LogP contribution in [0.25, 0.3) is 15.8 Å². The molecule has 0 spiro atoms. The lowest BCUT2D eigenvalue weighted by Gasteiger charge is -2.34. The zero-order valence-electron chi connectivity index (χ0n) is 17.5. The molecule has 4 heterocycles. The molecule has 0 unspecified atom stereocenters. The Balaban J connectivity index is 1.27. The molecule has 1 fully saturated rings. The van der Waals surface area contributed by atoms with E-state index in [4.69, 9.17) is 4.98 Å². The number of piperazine rings is 1. The molecule has 5 rings (SSSR count). The maximum atomic E-state index is 4.92. The van der Waals surface area contributed by atoms with Gasteiger partial charge in [0.2, 0.25) is 5.95 Å². The van der Waals surface area contributed by atoms with Gasteiger partial charge < -0.3 is 15.1 Å². The van der Waals surface area contributed by atoms with Crippen LogP contribution in [0.4, 0.5) is 11.1 Å². The number of aromatic nitrogens is 3. The number of anilines is 2. The molecule has 0 amide bonds. The fourth-order valence-electron chi connectivity index (χ4n) is 4.16. The summed E-state index contributed by atoms with van der Waals surface area (Å²) in [6.45, 7) is 7.96. The standard InChI is InChI=1S/C23H28N6S/c1-2-3-17-15-25-22(26-16-17)28-10-12-29(13-11-28)23-27-20-5-4-19(14-21(20)30-23)18-6-8-24-9-7-18/h4-6,14-16,24H,2-3,7-13H2,1H3. The summed E-state index contributed by atoms with van der Waals surface area (Å²) in [5.74, 6) is 0.846. The normalized spacial score (nSPS) is 17.4. The van der Waals surface area contributed by atoms with E-state index in [0.717, 1.165) is 75.1 Å². The van der Waals surface area contributed by atoms with Gasteiger partial charge in [0.25, 0.3) is 0 Å². The number of rotatable bonds is 5. The predicted octanol–water partition coefficient (Wildman–Crippen LogP) is 3.74. The molecule has 0 saturated carbocycles. The number of aryl methyl sites for hydroxylation is 1. The Morgan fingerprint density at radius 3 is 2.60 bits per heavy atom. The number of hydrogen-bond donors (Lipinski definition) is 1. The Kier molecular flexibility index (Phi) is 5.64. The molecule has 1 N–H and O–H groups in total. The maximum Gasteiger partial charge on any atom is 0.225 e. The lowest BCUT2D eigenvalue weighted by atomic mass is 10.0. The van der Waals surface area contributed by atoms with E-state index in [9.17, 15) is 0 Å². The summed E-state index contributed by atoms with van der Waals surface area (Å²) >= 11 is 1.81. The van der Waals surface area contributed by atoms with Gasteiger partial charge in [0, 0.05) is 45.1 Å². The molecule has 0 radical (unpaired) electrons. The van der Waals surface area contributed by atoms with Crippen molar-refractivity contribution in [1.82, 2.24) is 20.3 Å². The lowest BCUT2D eigenvalue weighted by molar-refractivity contribution is 0.638. The summed E-state index contributed by atoms with van der Waals surface area (Å²) in [4.78, 5) is 18.8. The highest BCUT2D eigenvalue weighted by Gasteiger charge is 2.21. The van der Waals surface area contributed by atoms with Gasteiger partial charge in [0.05, 0.1) is 10.2 Å². The van der Waals surface area contributed by atoms with E-state index in [1.54, 1.807) is 0 Å². The van der Waals surface area contributed by atoms with E-state index < -0.39 is 0 Å². The first-order valence-corrected chi connectivity index (χ1v) is 11.7. The third-order valence-electron chi connectivity index (χ3n) is 5.88. The molecule has 156 valence electrons. The quantitative estimate of drug-likeness (QED) is 0.679. The number of hydrogen-bond acceptors (Lipinski definition) is 7. The van der Waals surface area contributed by atoms with Crippen LogP contribution >= 0.6 is 11.3 Å². The van der Waals surface area contributed by atoms with Gasteiger partial charge in [-0.2, -0.15) is 0 Å². The van der Waals surface area contributed by atoms with Crippen LogP contribution in [0.3, 0.4) is 0 Å². The molecule has 7 heteroatoms. The largest absolute Gasteiger partial charge is 0.345 e. The fraction of sp³-hybridized carbons (Fsp3) is 0.435. The third kappa shape index (κ3) is 4.04. The second kappa shape index (κ2) is 8.70. The molecule has 2 aliphatic rings. The highest BCUT2D eigenvalue weighted by atomic mass is 32.1. The second-order valence-corrected chi connectivity index (χ2v) is 8.99. The average molecular weight is 421 g/mol. The minimum atomic E-state index is 0.846. The molecule has 6 nitrogen and oxygen atoms in total. The number of nitrogens with zero attached hydrogens (tertiary/aromatic N) is 5. The van der Waals surface area contributed by atoms with Gasteiger partial charge in [-0.1, -0.05) is 36.8 Å². The van der Waals surface area contributed by atoms with E-state index >= 15 is 0 Å². The summed E-state index contributed by atoms with van der Waals surface area (Å²) < 4.78 is 1.28. The number of nitrogens with one attached hydrogen (secondary N) is 1. The first kappa shape index (κ1) is 19.5. The molecule has 0 aliphatic carbocycles. The van der Waals surface area contributed by atoms with Crippen molar-refractivity contribution in [3.05, 3.63) is 47.8 Å². The first-order chi connectivity index (χ1) is 14.8. The molecule has 2 aromatic heterocycles. The van der Waals surface area contributed by atoms with Crippen molar-refractivity contribution in [1.29, 1.82) is 0 Å². The molecule has 30 heavy (non-hydrogen) atoms. The molecule has 0 bridgehead atoms. The molecule has 1 aromatic carbocycles. The molecular formula is C23H28N6S. The zero-order valence-corrected chi connectivity index (χ0v) is 18.3. The van der Waals surface area contributed by atoms with E-state index in [0.29, 0.717) is 0 Å². The molecule has 0 atom stereocenters. The van der Waals surface area contributed by atoms with Crippen LogP contribution in [-0.4, -0.2) is 54.2 Å². The van der Waals surface area contributed by atoms with Crippen LogP contribution < -0.4 is 15.1 Å². The van der Waals surface area contributed by atoms with Crippen molar-refractivity contribution in [3.63, 3.8) is 0 Å². The lowest BCUT2D eigenvalue weighted by Crippen LogP contribution is -2.47. The van der Waals surface area contributed by atoms with Crippen molar-refractivity contribution in [2.75, 3.05) is 49.1 Å². The predicted molar refractivity (Wildman–Crippen MR) is 126 cm³/mol. The van der Waals surface area contributed by atoms with Gasteiger partial charge in [-0.05, 0) is 48.2 Å². The second-order valence-electron chi connectivity index (χ2n) is 7.98. The van der Waals surface area contributed by atoms with Crippen molar-refractivity contribution >= 4 is 38.2 Å². The van der Waals surface area contributed by atoms with E-state index in [1.165, 1.54) is 21.4 Å². The Labute approximate surface area is 181 Å². The van der Waals surface area contributed by atoms with Gasteiger partial charge in [-0.25, -0.2) is 15.0 Å². The molecule has 3 aromatic rings. The summed E-state index contributed by atoms with van der Waals surface area (Å²) in [5, 5.41) is 4.51. The summed E-state index contributed by atoms with van der Waals surface area (Å²) in [7, 11) is 0. The SMILES string of the molecule is CCCc1cnc(N2CCN(c3nc4ccc(C5=CCNCC5)cc4s3)CC2)nc1. The van der Waals surface area contributed by atoms with E-state index in [1.807, 2.05) is 23.7 Å². The van der Waals surface area contributed by atoms with Gasteiger partial charge >= 0.3 is 0 Å². The molecular weight excluding hydrogens is 392 g/mol. The van der Waals surface area contributed by atoms with Crippen molar-refractivity contribution in [2.45, 2.75) is 26.2 Å². The maximum absolute atomic E-state index is 4.92. The Hall–Kier alpha value is -2.51. The third-order valence-corrected chi connectivity index (χ3v) is 6.95. The van der Waals surface area contributed by atoms with Crippen molar-refractivity contribution in [2.24, 2.45) is 0 Å². The van der Waals surface area contributed by atoms with E-state index in [2.05, 4.69) is 56.3 Å². The minimum Gasteiger partial charge on any atom is -0.345 e. The number of benzene rings is 1. The Morgan fingerprint density at radius 2 is 1.87 bits per heavy atom. The van der Waals surface area contributed by atoms with Crippen molar-refractivity contribution in [3.8, 4) is 0 Å². The van der Waals surface area contributed by atoms with Gasteiger partial charge in [-0.15, -0.1) is 0 Å². The first-order valence-electron chi connectivity index (χ1n) is 10.9. The smallest absolute Gasteiger partial charge is 0.225 e. The van der Waals surface area contributed by atoms with Crippen LogP contribution in [0.15, 0.2) is 36.7 Å². The number of thiazole rings is 1. The highest BCUT2D eigenvalue weighted by molar-refractivity contribution is 7.22. The Bertz CT molecular complexity index is 1030. The van der Waals surface area contributed by atoms with Crippen LogP contribution in [0.2, 0.25) is 0 Å². The van der Waals surface area contributed by atoms with Crippen LogP contribution in [0.5, 0.6) is 0 Å². The molecule has 1 saturated heterocycles. The highest BCUT2D eigenvalue weighted by Crippen LogP contribution is 2.32. The van der Waals surface area contributed by atoms with Crippen LogP contribution in [-0.2, 0) is 6.42 Å². The fourth-order valence-corrected chi connectivity index (χ4v) is 5.22. The topological polar surface area (TPSA) is 57.2 Å². The minimum absolute atomic E-state index is 0.846. The average Bonchev–Trinajstić information content (AvgIpc) is 3.24. The van der Waals surface area contributed by atoms with Crippen LogP contribution in [0.1, 0.15) is 30.9 Å². The number of fused-ring (bicyclic) bond motifs is 1. The summed E-state index contributed by atoms with van der Waals surface area (Å²) in [5.41, 5.74) is 5.11. The van der Waals surface area contributed by atoms with E-state index in [-0.39, 0.29) is 0 Å². The Morgan fingerprint density at radius 1 is 1.07 bits per heavy atom. The zero-order chi connectivity index (χ0) is 20.3. The van der Waals surface area contributed by atoms with Crippen LogP contribution in [0, 0.1) is 0 Å². The van der Waals surface area contributed by atoms with Gasteiger partial charge in [-0.3, -0.25) is 0 Å². The summed E-state index contributed by atoms with van der Waals surface area (Å²) in [6.07, 6.45) is 9.52. The molecule has 2 aliphatic heterocycles. The van der Waals surface area contributed by atoms with Crippen molar-refractivity contribution < 1.29 is 0 Å². The summed E-state index contributed by atoms with van der Waals surface area (Å²) in [6, 6.07) is 6.71. The monoisotopic (exact) mass is 420 g/mol.